The number of unbranched alkanes of at least 4 members (excludes halogenated alkanes) is 2. The second-order valence-corrected chi connectivity index (χ2v) is 23.7. The Balaban J connectivity index is 0.00000137. The number of benzene rings is 2. The number of anilines is 2. The average molecular weight is 1000 g/mol. The molecule has 0 saturated carbocycles. The van der Waals surface area contributed by atoms with Crippen molar-refractivity contribution in [1.29, 1.82) is 0 Å². The number of carbonyl (C=O) groups is 8. The van der Waals surface area contributed by atoms with E-state index < -0.39 is 32.2 Å². The van der Waals surface area contributed by atoms with Gasteiger partial charge in [-0.1, -0.05) is 54.2 Å². The molecule has 2 aromatic carbocycles. The fourth-order valence-electron chi connectivity index (χ4n) is 6.28. The van der Waals surface area contributed by atoms with Gasteiger partial charge >= 0.3 is 11.9 Å². The smallest absolute Gasteiger partial charge is 0.305 e. The third kappa shape index (κ3) is 25.0. The Morgan fingerprint density at radius 1 is 0.557 bits per heavy atom. The predicted molar refractivity (Wildman–Crippen MR) is 270 cm³/mol. The second-order valence-electron chi connectivity index (χ2n) is 18.9. The molecule has 0 radical (unpaired) electrons. The van der Waals surface area contributed by atoms with Crippen molar-refractivity contribution in [2.24, 2.45) is 11.8 Å². The summed E-state index contributed by atoms with van der Waals surface area (Å²) in [6.45, 7) is 17.0. The third-order valence-electron chi connectivity index (χ3n) is 11.7. The third-order valence-corrected chi connectivity index (χ3v) is 16.2. The summed E-state index contributed by atoms with van der Waals surface area (Å²) >= 11 is 0. The number of ketones is 2. The van der Waals surface area contributed by atoms with Crippen LogP contribution in [0.5, 0.6) is 0 Å². The summed E-state index contributed by atoms with van der Waals surface area (Å²) in [5, 5.41) is 39.1. The van der Waals surface area contributed by atoms with Crippen LogP contribution in [0.4, 0.5) is 11.4 Å². The maximum Gasteiger partial charge on any atom is 0.305 e. The molecular weight excluding hydrogens is 921 g/mol. The van der Waals surface area contributed by atoms with Gasteiger partial charge in [-0.15, -0.1) is 0 Å². The van der Waals surface area contributed by atoms with E-state index in [2.05, 4.69) is 64.6 Å². The van der Waals surface area contributed by atoms with Gasteiger partial charge in [-0.3, -0.25) is 38.4 Å². The molecule has 4 amide bonds. The van der Waals surface area contributed by atoms with Crippen molar-refractivity contribution < 1.29 is 67.6 Å². The van der Waals surface area contributed by atoms with Crippen molar-refractivity contribution in [3.8, 4) is 0 Å². The molecule has 18 nitrogen and oxygen atoms in total. The Bertz CT molecular complexity index is 2010. The van der Waals surface area contributed by atoms with Gasteiger partial charge in [-0.25, -0.2) is 0 Å². The van der Waals surface area contributed by atoms with Crippen molar-refractivity contribution in [2.45, 2.75) is 177 Å². The van der Waals surface area contributed by atoms with Crippen LogP contribution in [0.1, 0.15) is 142 Å². The topological polar surface area (TPSA) is 273 Å². The van der Waals surface area contributed by atoms with Gasteiger partial charge in [0.1, 0.15) is 0 Å². The van der Waals surface area contributed by atoms with Gasteiger partial charge in [0.25, 0.3) is 0 Å². The van der Waals surface area contributed by atoms with Gasteiger partial charge in [-0.05, 0) is 104 Å². The number of aliphatic hydroxyl groups is 3. The maximum absolute atomic E-state index is 12.8. The van der Waals surface area contributed by atoms with Crippen LogP contribution in [0, 0.1) is 11.8 Å². The summed E-state index contributed by atoms with van der Waals surface area (Å²) < 4.78 is 15.4. The van der Waals surface area contributed by atoms with Crippen molar-refractivity contribution >= 4 is 66.8 Å². The second kappa shape index (κ2) is 32.5. The van der Waals surface area contributed by atoms with Gasteiger partial charge < -0.3 is 50.5 Å². The zero-order valence-electron chi connectivity index (χ0n) is 42.5. The van der Waals surface area contributed by atoms with Crippen molar-refractivity contribution in [3.63, 3.8) is 0 Å². The highest BCUT2D eigenvalue weighted by Gasteiger charge is 2.37. The summed E-state index contributed by atoms with van der Waals surface area (Å²) in [5.41, 5.74) is 3.56. The van der Waals surface area contributed by atoms with Crippen LogP contribution in [-0.2, 0) is 78.7 Å². The van der Waals surface area contributed by atoms with Crippen LogP contribution in [-0.4, -0.2) is 97.1 Å². The molecule has 0 unspecified atom stereocenters. The van der Waals surface area contributed by atoms with Crippen LogP contribution in [0.15, 0.2) is 36.4 Å². The molecule has 0 aromatic heterocycles. The van der Waals surface area contributed by atoms with E-state index in [-0.39, 0.29) is 118 Å². The van der Waals surface area contributed by atoms with E-state index in [1.807, 2.05) is 12.1 Å². The Morgan fingerprint density at radius 3 is 1.21 bits per heavy atom. The molecular formula is C51H82N4O14Si. The molecule has 0 fully saturated rings. The van der Waals surface area contributed by atoms with E-state index in [1.165, 1.54) is 14.2 Å². The summed E-state index contributed by atoms with van der Waals surface area (Å²) in [5.74, 6) is -3.70. The summed E-state index contributed by atoms with van der Waals surface area (Å²) in [4.78, 5) is 96.5. The molecule has 0 aliphatic heterocycles. The predicted octanol–water partition coefficient (Wildman–Crippen LogP) is 6.55. The van der Waals surface area contributed by atoms with Gasteiger partial charge in [0.2, 0.25) is 23.6 Å². The highest BCUT2D eigenvalue weighted by molar-refractivity contribution is 6.74. The van der Waals surface area contributed by atoms with Gasteiger partial charge in [0.05, 0.1) is 52.7 Å². The van der Waals surface area contributed by atoms with Crippen LogP contribution >= 0.6 is 0 Å². The molecule has 7 N–H and O–H groups in total. The van der Waals surface area contributed by atoms with Crippen LogP contribution in [0.3, 0.4) is 0 Å². The van der Waals surface area contributed by atoms with Crippen LogP contribution in [0.2, 0.25) is 18.1 Å². The number of hydrogen-bond acceptors (Lipinski definition) is 14. The first-order valence-electron chi connectivity index (χ1n) is 23.4. The standard InChI is InChI=1S/C28H46N2O7Si.C22H32N2O7.CH4/c1-19(13-24(32)20(2)29-25(33)11-9-10-12-26(34)36-6)27(35)30-23-15-21(17-31)14-22(16-23)18-37-38(7,8)28(3,4)5;1-14(22(30)24-18-10-16(12-25)9-17(11-18)13-26)8-19(27)15(2)23-20(28)6-4-5-7-21(29)31-3;/h14-16,19-20,31H,9-13,17-18H2,1-8H3,(H,29,33)(H,30,35);9-11,14-15,25-26H,4-8,12-13H2,1-3H3,(H,23,28)(H,24,30);1H4/t19-,20+;14-,15+;/m11./s1. The minimum absolute atomic E-state index is 0. The van der Waals surface area contributed by atoms with E-state index in [1.54, 1.807) is 52.0 Å². The largest absolute Gasteiger partial charge is 0.469 e. The molecule has 70 heavy (non-hydrogen) atoms. The molecule has 394 valence electrons. The minimum Gasteiger partial charge on any atom is -0.469 e. The summed E-state index contributed by atoms with van der Waals surface area (Å²) in [6, 6.07) is 8.73. The lowest BCUT2D eigenvalue weighted by molar-refractivity contribution is -0.141. The lowest BCUT2D eigenvalue weighted by Gasteiger charge is -2.36. The number of hydrogen-bond donors (Lipinski definition) is 7. The Labute approximate surface area is 415 Å². The maximum atomic E-state index is 12.8. The molecule has 0 aliphatic rings. The molecule has 0 heterocycles. The average Bonchev–Trinajstić information content (AvgIpc) is 3.30. The number of amides is 4. The fraction of sp³-hybridized carbons (Fsp3) is 0.608. The number of esters is 2. The normalized spacial score (nSPS) is 12.8. The molecule has 0 spiro atoms. The lowest BCUT2D eigenvalue weighted by Crippen LogP contribution is -2.40. The summed E-state index contributed by atoms with van der Waals surface area (Å²) in [7, 11) is 0.651. The number of ether oxygens (including phenoxy) is 2. The monoisotopic (exact) mass is 1000 g/mol. The first-order valence-corrected chi connectivity index (χ1v) is 26.3. The minimum atomic E-state index is -1.98. The van der Waals surface area contributed by atoms with Crippen molar-refractivity contribution in [3.05, 3.63) is 58.7 Å². The van der Waals surface area contributed by atoms with Crippen molar-refractivity contribution in [2.75, 3.05) is 24.9 Å². The van der Waals surface area contributed by atoms with Gasteiger partial charge in [0.15, 0.2) is 19.9 Å². The number of nitrogens with one attached hydrogen (secondary N) is 4. The van der Waals surface area contributed by atoms with E-state index in [0.29, 0.717) is 60.4 Å². The SMILES string of the molecule is C.COC(=O)CCCCC(=O)N[C@@H](C)C(=O)C[C@@H](C)C(=O)Nc1cc(CO)cc(CO)c1.COC(=O)CCCCC(=O)N[C@@H](C)C(=O)C[C@@H](C)C(=O)Nc1cc(CO)cc(CO[Si](C)(C)C(C)(C)C)c1. The highest BCUT2D eigenvalue weighted by Crippen LogP contribution is 2.37. The zero-order valence-corrected chi connectivity index (χ0v) is 43.5. The van der Waals surface area contributed by atoms with E-state index in [9.17, 15) is 53.7 Å². The van der Waals surface area contributed by atoms with Gasteiger partial charge in [-0.2, -0.15) is 0 Å². The molecule has 4 atom stereocenters. The molecule has 0 aliphatic carbocycles. The molecule has 2 aromatic rings. The van der Waals surface area contributed by atoms with Crippen LogP contribution in [0.25, 0.3) is 0 Å². The number of aliphatic hydroxyl groups excluding tert-OH is 3. The van der Waals surface area contributed by atoms with E-state index >= 15 is 0 Å². The molecule has 0 saturated heterocycles. The van der Waals surface area contributed by atoms with Crippen molar-refractivity contribution in [1.82, 2.24) is 10.6 Å². The summed E-state index contributed by atoms with van der Waals surface area (Å²) in [6.07, 6.45) is 2.87. The van der Waals surface area contributed by atoms with E-state index in [4.69, 9.17) is 4.43 Å². The Hall–Kier alpha value is -5.34. The quantitative estimate of drug-likeness (QED) is 0.0271. The first kappa shape index (κ1) is 64.7. The molecule has 0 bridgehead atoms. The molecule has 19 heteroatoms. The fourth-order valence-corrected chi connectivity index (χ4v) is 7.24. The lowest BCUT2D eigenvalue weighted by atomic mass is 9.99. The first-order chi connectivity index (χ1) is 32.3. The highest BCUT2D eigenvalue weighted by atomic mass is 28.4. The van der Waals surface area contributed by atoms with E-state index in [0.717, 1.165) is 5.56 Å². The number of rotatable bonds is 28. The number of carbonyl (C=O) groups excluding carboxylic acids is 8. The van der Waals surface area contributed by atoms with Gasteiger partial charge in [0, 0.05) is 61.7 Å². The Morgan fingerprint density at radius 2 is 0.886 bits per heavy atom. The number of Topliss-reactive ketones (excluding diaryl/α,β-unsaturated/α-hetero) is 2. The number of methoxy groups -OCH3 is 2. The zero-order chi connectivity index (χ0) is 52.5. The van der Waals surface area contributed by atoms with Crippen LogP contribution < -0.4 is 21.3 Å². The molecule has 2 rings (SSSR count). The Kier molecular flexibility index (Phi) is 30.0.